The van der Waals surface area contributed by atoms with Crippen LogP contribution in [0.4, 0.5) is 5.82 Å². The van der Waals surface area contributed by atoms with Gasteiger partial charge in [0.1, 0.15) is 23.7 Å². The van der Waals surface area contributed by atoms with Gasteiger partial charge in [-0.1, -0.05) is 29.3 Å². The van der Waals surface area contributed by atoms with Crippen LogP contribution in [0.25, 0.3) is 22.8 Å². The summed E-state index contributed by atoms with van der Waals surface area (Å²) in [5.74, 6) is 0.530. The number of amides is 2. The summed E-state index contributed by atoms with van der Waals surface area (Å²) in [5, 5.41) is 6.38. The zero-order chi connectivity index (χ0) is 30.5. The van der Waals surface area contributed by atoms with Gasteiger partial charge in [-0.25, -0.2) is 4.98 Å². The molecule has 0 aliphatic rings. The van der Waals surface area contributed by atoms with Crippen molar-refractivity contribution >= 4 is 57.9 Å². The Morgan fingerprint density at radius 2 is 1.91 bits per heavy atom. The van der Waals surface area contributed by atoms with E-state index in [2.05, 4.69) is 20.6 Å². The summed E-state index contributed by atoms with van der Waals surface area (Å²) in [6.07, 6.45) is 6.49. The molecule has 0 radical (unpaired) electrons. The number of rotatable bonds is 10. The smallest absolute Gasteiger partial charge is 0.296 e. The van der Waals surface area contributed by atoms with Gasteiger partial charge in [0.05, 0.1) is 29.9 Å². The van der Waals surface area contributed by atoms with Crippen molar-refractivity contribution in [1.29, 1.82) is 0 Å². The number of ether oxygens (including phenoxy) is 2. The molecule has 5 rings (SSSR count). The van der Waals surface area contributed by atoms with Crippen molar-refractivity contribution in [2.75, 3.05) is 12.4 Å². The molecule has 0 saturated heterocycles. The molecule has 5 aromatic rings. The van der Waals surface area contributed by atoms with Gasteiger partial charge < -0.3 is 24.7 Å². The van der Waals surface area contributed by atoms with E-state index in [0.717, 1.165) is 11.2 Å². The molecule has 0 aliphatic carbocycles. The Hall–Kier alpha value is -4.80. The number of aromatic nitrogens is 4. The van der Waals surface area contributed by atoms with Crippen LogP contribution in [0.2, 0.25) is 10.0 Å². The maximum absolute atomic E-state index is 12.5. The Morgan fingerprint density at radius 1 is 1.07 bits per heavy atom. The van der Waals surface area contributed by atoms with Gasteiger partial charge in [-0.05, 0) is 60.2 Å². The monoisotopic (exact) mass is 618 g/mol. The highest BCUT2D eigenvalue weighted by Crippen LogP contribution is 2.34. The first-order chi connectivity index (χ1) is 20.7. The number of carbonyl (C=O) groups is 2. The van der Waals surface area contributed by atoms with E-state index in [1.165, 1.54) is 13.0 Å². The number of carbonyl (C=O) groups excluding carboxylic acids is 2. The number of aryl methyl sites for hydroxylation is 1. The highest BCUT2D eigenvalue weighted by atomic mass is 35.5. The average molecular weight is 620 g/mol. The molecule has 2 N–H and O–H groups in total. The maximum atomic E-state index is 12.5. The van der Waals surface area contributed by atoms with Crippen molar-refractivity contribution in [3.63, 3.8) is 0 Å². The van der Waals surface area contributed by atoms with E-state index < -0.39 is 0 Å². The molecule has 0 spiro atoms. The molecule has 3 heterocycles. The van der Waals surface area contributed by atoms with Crippen molar-refractivity contribution in [2.24, 2.45) is 7.05 Å². The number of nitrogens with one attached hydrogen (secondary N) is 2. The normalized spacial score (nSPS) is 11.2. The average Bonchev–Trinajstić information content (AvgIpc) is 3.59. The van der Waals surface area contributed by atoms with Gasteiger partial charge >= 0.3 is 0 Å². The fourth-order valence-electron chi connectivity index (χ4n) is 4.48. The fourth-order valence-corrected chi connectivity index (χ4v) is 5.05. The van der Waals surface area contributed by atoms with E-state index in [1.54, 1.807) is 37.6 Å². The summed E-state index contributed by atoms with van der Waals surface area (Å²) >= 11 is 13.4. The van der Waals surface area contributed by atoms with Crippen LogP contribution in [-0.2, 0) is 29.8 Å². The number of anilines is 1. The number of hydrogen-bond donors (Lipinski definition) is 2. The molecule has 0 aliphatic heterocycles. The number of imidazole rings is 1. The number of benzene rings is 2. The van der Waals surface area contributed by atoms with E-state index in [1.807, 2.05) is 58.8 Å². The summed E-state index contributed by atoms with van der Waals surface area (Å²) in [7, 11) is 3.44. The summed E-state index contributed by atoms with van der Waals surface area (Å²) in [4.78, 5) is 32.3. The second kappa shape index (κ2) is 13.0. The van der Waals surface area contributed by atoms with Crippen LogP contribution in [0.5, 0.6) is 11.8 Å². The van der Waals surface area contributed by atoms with Crippen molar-refractivity contribution in [1.82, 2.24) is 24.4 Å². The molecule has 3 aromatic heterocycles. The Balaban J connectivity index is 1.28. The summed E-state index contributed by atoms with van der Waals surface area (Å²) < 4.78 is 15.2. The number of fused-ring (bicyclic) bond motifs is 1. The number of methoxy groups -OCH3 is 1. The molecule has 0 saturated carbocycles. The molecular formula is C31H28Cl2N6O4. The molecule has 2 aromatic carbocycles. The van der Waals surface area contributed by atoms with Gasteiger partial charge in [0, 0.05) is 48.7 Å². The van der Waals surface area contributed by atoms with E-state index >= 15 is 0 Å². The van der Waals surface area contributed by atoms with E-state index in [9.17, 15) is 9.59 Å². The standard InChI is InChI=1S/C31H28Cl2N6O4/c1-19(40)36-27-13-9-20(16-34-27)10-14-28(41)35-17-21-6-5-15-39(21)24-12-11-23(32)22(29(24)33)18-43-26-8-4-7-25-30(26)37-31(42-3)38(25)2/h4-16H,17-18H2,1-3H3,(H,35,41)(H,34,36,40)/b14-10+. The molecule has 10 nitrogen and oxygen atoms in total. The first-order valence-electron chi connectivity index (χ1n) is 13.2. The van der Waals surface area contributed by atoms with Crippen molar-refractivity contribution in [3.05, 3.63) is 99.9 Å². The quantitative estimate of drug-likeness (QED) is 0.187. The highest BCUT2D eigenvalue weighted by Gasteiger charge is 2.17. The number of para-hydroxylation sites is 1. The van der Waals surface area contributed by atoms with Crippen LogP contribution in [0, 0.1) is 0 Å². The van der Waals surface area contributed by atoms with Gasteiger partial charge in [0.2, 0.25) is 11.8 Å². The van der Waals surface area contributed by atoms with Crippen LogP contribution in [0.3, 0.4) is 0 Å². The first kappa shape index (κ1) is 29.7. The molecule has 220 valence electrons. The first-order valence-corrected chi connectivity index (χ1v) is 14.0. The molecule has 12 heteroatoms. The van der Waals surface area contributed by atoms with Crippen LogP contribution in [0.15, 0.2) is 73.1 Å². The van der Waals surface area contributed by atoms with Crippen molar-refractivity contribution in [3.8, 4) is 17.4 Å². The lowest BCUT2D eigenvalue weighted by molar-refractivity contribution is -0.116. The van der Waals surface area contributed by atoms with Crippen LogP contribution >= 0.6 is 23.2 Å². The number of nitrogens with zero attached hydrogens (tertiary/aromatic N) is 4. The Bertz CT molecular complexity index is 1830. The van der Waals surface area contributed by atoms with Crippen LogP contribution in [-0.4, -0.2) is 38.0 Å². The predicted molar refractivity (Wildman–Crippen MR) is 167 cm³/mol. The van der Waals surface area contributed by atoms with E-state index in [4.69, 9.17) is 32.7 Å². The SMILES string of the molecule is COc1nc2c(OCc3c(Cl)ccc(-n4cccc4CNC(=O)/C=C/c4ccc(NC(C)=O)nc4)c3Cl)cccc2n1C. The van der Waals surface area contributed by atoms with Crippen molar-refractivity contribution < 1.29 is 19.1 Å². The number of pyridine rings is 1. The van der Waals surface area contributed by atoms with Crippen molar-refractivity contribution in [2.45, 2.75) is 20.1 Å². The molecule has 2 amide bonds. The lowest BCUT2D eigenvalue weighted by Crippen LogP contribution is -2.21. The van der Waals surface area contributed by atoms with E-state index in [-0.39, 0.29) is 25.0 Å². The summed E-state index contributed by atoms with van der Waals surface area (Å²) in [6, 6.07) is 16.9. The van der Waals surface area contributed by atoms with Gasteiger partial charge in [-0.3, -0.25) is 14.2 Å². The Labute approximate surface area is 257 Å². The van der Waals surface area contributed by atoms with Gasteiger partial charge in [0.25, 0.3) is 6.01 Å². The van der Waals surface area contributed by atoms with Crippen LogP contribution < -0.4 is 20.1 Å². The Kier molecular flexibility index (Phi) is 8.98. The molecule has 0 bridgehead atoms. The Morgan fingerprint density at radius 3 is 2.65 bits per heavy atom. The lowest BCUT2D eigenvalue weighted by atomic mass is 10.2. The zero-order valence-corrected chi connectivity index (χ0v) is 25.1. The molecule has 0 fully saturated rings. The highest BCUT2D eigenvalue weighted by molar-refractivity contribution is 6.37. The maximum Gasteiger partial charge on any atom is 0.296 e. The largest absolute Gasteiger partial charge is 0.486 e. The molecular weight excluding hydrogens is 591 g/mol. The van der Waals surface area contributed by atoms with E-state index in [0.29, 0.717) is 50.0 Å². The fraction of sp³-hybridized carbons (Fsp3) is 0.161. The minimum atomic E-state index is -0.282. The number of halogens is 2. The predicted octanol–water partition coefficient (Wildman–Crippen LogP) is 5.94. The molecule has 0 unspecified atom stereocenters. The molecule has 0 atom stereocenters. The summed E-state index contributed by atoms with van der Waals surface area (Å²) in [6.45, 7) is 1.78. The lowest BCUT2D eigenvalue weighted by Gasteiger charge is -2.16. The zero-order valence-electron chi connectivity index (χ0n) is 23.6. The third-order valence-corrected chi connectivity index (χ3v) is 7.38. The second-order valence-electron chi connectivity index (χ2n) is 9.51. The summed E-state index contributed by atoms with van der Waals surface area (Å²) in [5.41, 5.74) is 4.37. The van der Waals surface area contributed by atoms with Crippen LogP contribution in [0.1, 0.15) is 23.7 Å². The minimum absolute atomic E-state index is 0.113. The van der Waals surface area contributed by atoms with Gasteiger partial charge in [-0.2, -0.15) is 4.98 Å². The minimum Gasteiger partial charge on any atom is -0.486 e. The second-order valence-corrected chi connectivity index (χ2v) is 10.3. The third-order valence-electron chi connectivity index (χ3n) is 6.61. The molecule has 43 heavy (non-hydrogen) atoms. The van der Waals surface area contributed by atoms with Gasteiger partial charge in [0.15, 0.2) is 0 Å². The third kappa shape index (κ3) is 6.66. The topological polar surface area (TPSA) is 112 Å². The van der Waals surface area contributed by atoms with Gasteiger partial charge in [-0.15, -0.1) is 0 Å². The number of hydrogen-bond acceptors (Lipinski definition) is 6.